The van der Waals surface area contributed by atoms with Gasteiger partial charge in [0.25, 0.3) is 0 Å². The Kier molecular flexibility index (Phi) is 8.36. The Morgan fingerprint density at radius 2 is 2.00 bits per heavy atom. The first-order valence-corrected chi connectivity index (χ1v) is 4.67. The summed E-state index contributed by atoms with van der Waals surface area (Å²) in [4.78, 5) is 9.76. The van der Waals surface area contributed by atoms with Gasteiger partial charge in [-0.15, -0.1) is 0 Å². The van der Waals surface area contributed by atoms with E-state index in [0.717, 1.165) is 6.61 Å². The highest BCUT2D eigenvalue weighted by molar-refractivity contribution is 5.56. The zero-order valence-corrected chi connectivity index (χ0v) is 8.64. The van der Waals surface area contributed by atoms with Gasteiger partial charge in [0.05, 0.1) is 12.9 Å². The van der Waals surface area contributed by atoms with Crippen LogP contribution in [0.3, 0.4) is 0 Å². The Morgan fingerprint density at radius 1 is 1.31 bits per heavy atom. The van der Waals surface area contributed by atoms with Crippen LogP contribution in [0.5, 0.6) is 0 Å². The van der Waals surface area contributed by atoms with Crippen LogP contribution in [0.4, 0.5) is 0 Å². The van der Waals surface area contributed by atoms with E-state index in [1.807, 2.05) is 18.2 Å². The molecule has 0 bridgehead atoms. The molecule has 1 aliphatic heterocycles. The summed E-state index contributed by atoms with van der Waals surface area (Å²) in [5, 5.41) is 34.1. The van der Waals surface area contributed by atoms with Gasteiger partial charge in [-0.05, 0) is 12.2 Å². The van der Waals surface area contributed by atoms with E-state index in [2.05, 4.69) is 0 Å². The van der Waals surface area contributed by atoms with Crippen molar-refractivity contribution in [2.24, 2.45) is 0 Å². The zero-order valence-electron chi connectivity index (χ0n) is 8.64. The van der Waals surface area contributed by atoms with Crippen LogP contribution >= 0.6 is 0 Å². The summed E-state index contributed by atoms with van der Waals surface area (Å²) in [7, 11) is 0. The maximum Gasteiger partial charge on any atom is 0.151 e. The number of allylic oxidation sites excluding steroid dienone is 2. The monoisotopic (exact) mass is 232 g/mol. The number of hydrogen-bond donors (Lipinski definition) is 4. The molecule has 16 heavy (non-hydrogen) atoms. The Balaban J connectivity index is 0.000000315. The van der Waals surface area contributed by atoms with Crippen LogP contribution in [-0.2, 0) is 9.53 Å². The lowest BCUT2D eigenvalue weighted by Crippen LogP contribution is -2.40. The number of rotatable bonds is 4. The summed E-state index contributed by atoms with van der Waals surface area (Å²) in [5.41, 5.74) is 0. The average molecular weight is 232 g/mol. The van der Waals surface area contributed by atoms with Gasteiger partial charge in [0.1, 0.15) is 24.9 Å². The van der Waals surface area contributed by atoms with Crippen molar-refractivity contribution in [2.75, 3.05) is 13.2 Å². The van der Waals surface area contributed by atoms with Crippen molar-refractivity contribution in [2.45, 2.75) is 18.3 Å². The van der Waals surface area contributed by atoms with E-state index >= 15 is 0 Å². The van der Waals surface area contributed by atoms with Gasteiger partial charge in [0, 0.05) is 0 Å². The van der Waals surface area contributed by atoms with Gasteiger partial charge in [-0.2, -0.15) is 0 Å². The van der Waals surface area contributed by atoms with Crippen LogP contribution in [0.2, 0.25) is 0 Å². The Bertz CT molecular complexity index is 225. The molecule has 1 heterocycles. The molecule has 92 valence electrons. The fourth-order valence-corrected chi connectivity index (χ4v) is 0.762. The number of ether oxygens (including phenoxy) is 1. The molecule has 0 aliphatic carbocycles. The predicted octanol–water partition coefficient (Wildman–Crippen LogP) is -1.65. The molecule has 4 N–H and O–H groups in total. The van der Waals surface area contributed by atoms with Crippen molar-refractivity contribution >= 4 is 6.29 Å². The van der Waals surface area contributed by atoms with Gasteiger partial charge < -0.3 is 30.0 Å². The second-order valence-electron chi connectivity index (χ2n) is 2.96. The van der Waals surface area contributed by atoms with Crippen LogP contribution in [0.15, 0.2) is 24.5 Å². The normalized spacial score (nSPS) is 18.8. The van der Waals surface area contributed by atoms with Crippen molar-refractivity contribution < 1.29 is 30.0 Å². The standard InChI is InChI=1S/C5H10O5.C5H6O/c6-1-3(8)5(10)4(9)2-7;1-2-4-6-5-3-1/h1,3-5,7-10H,2H2;1-4H,5H2/t3-,4+,5+;/m0./s1. The van der Waals surface area contributed by atoms with Crippen molar-refractivity contribution in [3.8, 4) is 0 Å². The lowest BCUT2D eigenvalue weighted by atomic mass is 10.1. The Morgan fingerprint density at radius 3 is 2.25 bits per heavy atom. The molecule has 0 unspecified atom stereocenters. The summed E-state index contributed by atoms with van der Waals surface area (Å²) in [5.74, 6) is 0. The van der Waals surface area contributed by atoms with Crippen molar-refractivity contribution in [1.82, 2.24) is 0 Å². The first-order valence-electron chi connectivity index (χ1n) is 4.67. The molecule has 0 aromatic heterocycles. The number of aldehydes is 1. The number of carbonyl (C=O) groups excluding carboxylic acids is 1. The Hall–Kier alpha value is -1.21. The van der Waals surface area contributed by atoms with Gasteiger partial charge in [-0.1, -0.05) is 6.08 Å². The summed E-state index contributed by atoms with van der Waals surface area (Å²) in [6.07, 6.45) is 2.83. The molecule has 6 nitrogen and oxygen atoms in total. The van der Waals surface area contributed by atoms with Crippen molar-refractivity contribution in [1.29, 1.82) is 0 Å². The fourth-order valence-electron chi connectivity index (χ4n) is 0.762. The molecule has 3 atom stereocenters. The molecule has 1 aliphatic rings. The molecule has 0 aromatic carbocycles. The second kappa shape index (κ2) is 9.05. The lowest BCUT2D eigenvalue weighted by molar-refractivity contribution is -0.127. The minimum atomic E-state index is -1.64. The molecule has 1 rings (SSSR count). The molecule has 6 heteroatoms. The van der Waals surface area contributed by atoms with Crippen molar-refractivity contribution in [3.63, 3.8) is 0 Å². The van der Waals surface area contributed by atoms with E-state index in [1.165, 1.54) is 0 Å². The van der Waals surface area contributed by atoms with Crippen molar-refractivity contribution in [3.05, 3.63) is 24.5 Å². The van der Waals surface area contributed by atoms with Gasteiger partial charge >= 0.3 is 0 Å². The third-order valence-corrected chi connectivity index (χ3v) is 1.69. The third-order valence-electron chi connectivity index (χ3n) is 1.69. The van der Waals surface area contributed by atoms with Crippen LogP contribution < -0.4 is 0 Å². The first kappa shape index (κ1) is 14.8. The lowest BCUT2D eigenvalue weighted by Gasteiger charge is -2.16. The molecule has 0 fully saturated rings. The number of aliphatic hydroxyl groups is 4. The third kappa shape index (κ3) is 6.31. The largest absolute Gasteiger partial charge is 0.497 e. The smallest absolute Gasteiger partial charge is 0.151 e. The molecule has 0 saturated carbocycles. The molecular weight excluding hydrogens is 216 g/mol. The molecule has 0 aromatic rings. The number of aliphatic hydroxyl groups excluding tert-OH is 4. The highest BCUT2D eigenvalue weighted by Gasteiger charge is 2.22. The molecule has 0 radical (unpaired) electrons. The van der Waals surface area contributed by atoms with E-state index in [9.17, 15) is 4.79 Å². The van der Waals surface area contributed by atoms with Gasteiger partial charge in [0.15, 0.2) is 6.29 Å². The highest BCUT2D eigenvalue weighted by atomic mass is 16.5. The van der Waals surface area contributed by atoms with Gasteiger partial charge in [-0.3, -0.25) is 0 Å². The predicted molar refractivity (Wildman–Crippen MR) is 55.4 cm³/mol. The first-order chi connectivity index (χ1) is 7.63. The summed E-state index contributed by atoms with van der Waals surface area (Å²) >= 11 is 0. The Labute approximate surface area is 93.1 Å². The quantitative estimate of drug-likeness (QED) is 0.432. The molecule has 0 amide bonds. The van der Waals surface area contributed by atoms with Crippen LogP contribution in [0.1, 0.15) is 0 Å². The molecular formula is C10H16O6. The van der Waals surface area contributed by atoms with E-state index in [0.29, 0.717) is 0 Å². The van der Waals surface area contributed by atoms with Crippen LogP contribution in [0.25, 0.3) is 0 Å². The summed E-state index contributed by atoms with van der Waals surface area (Å²) in [6.45, 7) is 0.0442. The zero-order chi connectivity index (χ0) is 12.4. The molecule has 0 saturated heterocycles. The van der Waals surface area contributed by atoms with E-state index in [-0.39, 0.29) is 6.29 Å². The van der Waals surface area contributed by atoms with Gasteiger partial charge in [-0.25, -0.2) is 0 Å². The van der Waals surface area contributed by atoms with E-state index in [4.69, 9.17) is 25.2 Å². The molecule has 0 spiro atoms. The fraction of sp³-hybridized carbons (Fsp3) is 0.500. The van der Waals surface area contributed by atoms with Crippen LogP contribution in [-0.4, -0.2) is 58.2 Å². The maximum atomic E-state index is 9.76. The SMILES string of the molecule is C1=CCOC=C1.O=C[C@H](O)[C@@H](O)[C@H](O)CO. The van der Waals surface area contributed by atoms with Gasteiger partial charge in [0.2, 0.25) is 0 Å². The number of carbonyl (C=O) groups is 1. The van der Waals surface area contributed by atoms with E-state index < -0.39 is 24.9 Å². The minimum Gasteiger partial charge on any atom is -0.497 e. The minimum absolute atomic E-state index is 0.0869. The highest BCUT2D eigenvalue weighted by Crippen LogP contribution is 1.96. The second-order valence-corrected chi connectivity index (χ2v) is 2.96. The average Bonchev–Trinajstić information content (AvgIpc) is 2.38. The maximum absolute atomic E-state index is 9.76. The van der Waals surface area contributed by atoms with Crippen LogP contribution in [0, 0.1) is 0 Å². The summed E-state index contributed by atoms with van der Waals surface area (Å²) < 4.78 is 4.80. The summed E-state index contributed by atoms with van der Waals surface area (Å²) in [6, 6.07) is 0. The van der Waals surface area contributed by atoms with E-state index in [1.54, 1.807) is 6.26 Å². The topological polar surface area (TPSA) is 107 Å². The number of hydrogen-bond acceptors (Lipinski definition) is 6.